The Bertz CT molecular complexity index is 1030. The first-order chi connectivity index (χ1) is 15.1. The van der Waals surface area contributed by atoms with Gasteiger partial charge in [0.25, 0.3) is 5.88 Å². The summed E-state index contributed by atoms with van der Waals surface area (Å²) in [4.78, 5) is 11.8. The van der Waals surface area contributed by atoms with Crippen molar-refractivity contribution in [3.05, 3.63) is 11.8 Å². The number of nitriles is 1. The number of aromatic amines is 1. The van der Waals surface area contributed by atoms with E-state index < -0.39 is 0 Å². The molecule has 31 heavy (non-hydrogen) atoms. The first-order valence-corrected chi connectivity index (χ1v) is 11.0. The third kappa shape index (κ3) is 3.07. The second kappa shape index (κ2) is 6.99. The van der Waals surface area contributed by atoms with Crippen molar-refractivity contribution in [3.63, 3.8) is 0 Å². The van der Waals surface area contributed by atoms with Crippen LogP contribution in [0.25, 0.3) is 0 Å². The Labute approximate surface area is 180 Å². The van der Waals surface area contributed by atoms with Gasteiger partial charge in [0, 0.05) is 41.8 Å². The van der Waals surface area contributed by atoms with Crippen molar-refractivity contribution in [3.8, 4) is 17.7 Å². The second-order valence-corrected chi connectivity index (χ2v) is 9.11. The summed E-state index contributed by atoms with van der Waals surface area (Å²) in [5, 5.41) is 22.9. The van der Waals surface area contributed by atoms with Gasteiger partial charge in [0.05, 0.1) is 6.07 Å². The van der Waals surface area contributed by atoms with Crippen molar-refractivity contribution in [2.24, 2.45) is 0 Å². The van der Waals surface area contributed by atoms with Crippen LogP contribution in [-0.2, 0) is 0 Å². The molecule has 0 aromatic carbocycles. The SMILES string of the molecule is Cc1cc(Nc2nc(N[C@H]3C[C@@H]4CC5(CCC#N)C[C@H](C3)N45)c3c(n2)OCCO3)n[nH]1. The molecule has 4 aliphatic rings. The monoisotopic (exact) mass is 422 g/mol. The van der Waals surface area contributed by atoms with Gasteiger partial charge in [-0.15, -0.1) is 0 Å². The molecule has 3 saturated heterocycles. The minimum atomic E-state index is 0.319. The summed E-state index contributed by atoms with van der Waals surface area (Å²) in [6.07, 6.45) is 6.23. The van der Waals surface area contributed by atoms with Crippen molar-refractivity contribution in [2.45, 2.75) is 69.1 Å². The van der Waals surface area contributed by atoms with E-state index in [4.69, 9.17) is 19.7 Å². The van der Waals surface area contributed by atoms with Crippen molar-refractivity contribution < 1.29 is 9.47 Å². The average Bonchev–Trinajstić information content (AvgIpc) is 3.13. The van der Waals surface area contributed by atoms with E-state index in [2.05, 4.69) is 36.8 Å². The predicted octanol–water partition coefficient (Wildman–Crippen LogP) is 2.49. The van der Waals surface area contributed by atoms with Crippen molar-refractivity contribution in [1.29, 1.82) is 5.26 Å². The maximum Gasteiger partial charge on any atom is 0.264 e. The zero-order chi connectivity index (χ0) is 21.0. The van der Waals surface area contributed by atoms with Crippen LogP contribution >= 0.6 is 0 Å². The second-order valence-electron chi connectivity index (χ2n) is 9.11. The number of hydrogen-bond acceptors (Lipinski definition) is 9. The van der Waals surface area contributed by atoms with E-state index in [1.54, 1.807) is 0 Å². The molecule has 3 fully saturated rings. The Kier molecular flexibility index (Phi) is 4.21. The Hall–Kier alpha value is -3.06. The van der Waals surface area contributed by atoms with Gasteiger partial charge in [-0.2, -0.15) is 20.3 Å². The molecule has 2 aromatic rings. The fourth-order valence-electron chi connectivity index (χ4n) is 5.99. The molecule has 162 valence electrons. The molecule has 4 aliphatic heterocycles. The maximum absolute atomic E-state index is 8.96. The fourth-order valence-corrected chi connectivity index (χ4v) is 5.99. The molecule has 0 saturated carbocycles. The number of aryl methyl sites for hydroxylation is 1. The summed E-state index contributed by atoms with van der Waals surface area (Å²) in [7, 11) is 0. The van der Waals surface area contributed by atoms with E-state index in [-0.39, 0.29) is 0 Å². The number of anilines is 3. The molecule has 0 aliphatic carbocycles. The lowest BCUT2D eigenvalue weighted by molar-refractivity contribution is -0.222. The van der Waals surface area contributed by atoms with Gasteiger partial charge in [-0.05, 0) is 39.0 Å². The molecule has 0 radical (unpaired) electrons. The number of nitrogens with one attached hydrogen (secondary N) is 3. The van der Waals surface area contributed by atoms with Crippen LogP contribution in [0.5, 0.6) is 11.6 Å². The van der Waals surface area contributed by atoms with Crippen LogP contribution in [0.2, 0.25) is 0 Å². The lowest BCUT2D eigenvalue weighted by atomic mass is 9.57. The summed E-state index contributed by atoms with van der Waals surface area (Å²) < 4.78 is 11.6. The van der Waals surface area contributed by atoms with Crippen LogP contribution in [0, 0.1) is 18.3 Å². The molecule has 1 unspecified atom stereocenters. The molecule has 10 nitrogen and oxygen atoms in total. The number of fused-ring (bicyclic) bond motifs is 1. The van der Waals surface area contributed by atoms with E-state index in [0.29, 0.717) is 72.5 Å². The molecular weight excluding hydrogens is 396 g/mol. The van der Waals surface area contributed by atoms with Crippen molar-refractivity contribution >= 4 is 17.6 Å². The molecule has 6 heterocycles. The highest BCUT2D eigenvalue weighted by atomic mass is 16.6. The van der Waals surface area contributed by atoms with Crippen LogP contribution in [-0.4, -0.2) is 61.9 Å². The molecular formula is C21H26N8O2. The van der Waals surface area contributed by atoms with Gasteiger partial charge in [-0.1, -0.05) is 0 Å². The molecule has 2 aromatic heterocycles. The Morgan fingerprint density at radius 1 is 1.26 bits per heavy atom. The standard InChI is InChI=1S/C21H26N8O2/c1-12-7-16(28-27-12)24-20-25-18(17-19(26-20)31-6-5-30-17)23-13-8-14-10-21(3-2-4-22)11-15(9-13)29(14)21/h7,13-15H,2-3,5-6,8-11H2,1H3,(H3,23,24,25,26,27,28)/t13-,14+,15-,21?. The minimum absolute atomic E-state index is 0.319. The normalized spacial score (nSPS) is 30.4. The number of piperidine rings is 2. The highest BCUT2D eigenvalue weighted by Crippen LogP contribution is 2.59. The van der Waals surface area contributed by atoms with Gasteiger partial charge in [0.1, 0.15) is 13.2 Å². The van der Waals surface area contributed by atoms with E-state index in [0.717, 1.165) is 25.0 Å². The van der Waals surface area contributed by atoms with Crippen molar-refractivity contribution in [1.82, 2.24) is 25.1 Å². The molecule has 6 rings (SSSR count). The largest absolute Gasteiger partial charge is 0.482 e. The topological polar surface area (TPSA) is 124 Å². The Balaban J connectivity index is 1.19. The van der Waals surface area contributed by atoms with Crippen LogP contribution < -0.4 is 20.1 Å². The van der Waals surface area contributed by atoms with E-state index >= 15 is 0 Å². The minimum Gasteiger partial charge on any atom is -0.482 e. The number of aromatic nitrogens is 4. The highest BCUT2D eigenvalue weighted by molar-refractivity contribution is 5.62. The molecule has 4 atom stereocenters. The zero-order valence-corrected chi connectivity index (χ0v) is 17.5. The average molecular weight is 422 g/mol. The molecule has 10 heteroatoms. The number of H-pyrrole nitrogens is 1. The Morgan fingerprint density at radius 3 is 2.81 bits per heavy atom. The van der Waals surface area contributed by atoms with Crippen LogP contribution in [0.4, 0.5) is 17.6 Å². The summed E-state index contributed by atoms with van der Waals surface area (Å²) in [5.41, 5.74) is 1.27. The first kappa shape index (κ1) is 18.7. The summed E-state index contributed by atoms with van der Waals surface area (Å²) in [5.74, 6) is 2.80. The number of hydrogen-bond donors (Lipinski definition) is 3. The lowest BCUT2D eigenvalue weighted by Gasteiger charge is -2.74. The summed E-state index contributed by atoms with van der Waals surface area (Å²) in [6, 6.07) is 5.74. The number of ether oxygens (including phenoxy) is 2. The van der Waals surface area contributed by atoms with Gasteiger partial charge in [0.2, 0.25) is 11.7 Å². The van der Waals surface area contributed by atoms with Crippen LogP contribution in [0.1, 0.15) is 44.2 Å². The first-order valence-electron chi connectivity index (χ1n) is 11.0. The fraction of sp³-hybridized carbons (Fsp3) is 0.619. The van der Waals surface area contributed by atoms with Crippen LogP contribution in [0.15, 0.2) is 6.07 Å². The molecule has 0 bridgehead atoms. The summed E-state index contributed by atoms with van der Waals surface area (Å²) in [6.45, 7) is 2.90. The van der Waals surface area contributed by atoms with Gasteiger partial charge >= 0.3 is 0 Å². The molecule has 0 amide bonds. The number of rotatable bonds is 6. The van der Waals surface area contributed by atoms with Gasteiger partial charge in [-0.25, -0.2) is 0 Å². The smallest absolute Gasteiger partial charge is 0.264 e. The predicted molar refractivity (Wildman–Crippen MR) is 113 cm³/mol. The van der Waals surface area contributed by atoms with E-state index in [1.165, 1.54) is 12.8 Å². The lowest BCUT2D eigenvalue weighted by Crippen LogP contribution is -2.81. The quantitative estimate of drug-likeness (QED) is 0.644. The van der Waals surface area contributed by atoms with Gasteiger partial charge < -0.3 is 20.1 Å². The third-order valence-corrected chi connectivity index (χ3v) is 7.07. The van der Waals surface area contributed by atoms with Crippen molar-refractivity contribution in [2.75, 3.05) is 23.8 Å². The Morgan fingerprint density at radius 2 is 2.06 bits per heavy atom. The molecule has 3 N–H and O–H groups in total. The highest BCUT2D eigenvalue weighted by Gasteiger charge is 2.64. The zero-order valence-electron chi connectivity index (χ0n) is 17.5. The van der Waals surface area contributed by atoms with E-state index in [1.807, 2.05) is 13.0 Å². The van der Waals surface area contributed by atoms with Gasteiger partial charge in [0.15, 0.2) is 11.6 Å². The maximum atomic E-state index is 8.96. The number of nitrogens with zero attached hydrogens (tertiary/aromatic N) is 5. The van der Waals surface area contributed by atoms with Gasteiger partial charge in [-0.3, -0.25) is 10.00 Å². The molecule has 0 spiro atoms. The van der Waals surface area contributed by atoms with Crippen LogP contribution in [0.3, 0.4) is 0 Å². The third-order valence-electron chi connectivity index (χ3n) is 7.07. The summed E-state index contributed by atoms with van der Waals surface area (Å²) >= 11 is 0. The van der Waals surface area contributed by atoms with E-state index in [9.17, 15) is 0 Å².